The number of aliphatic hydroxyl groups is 1. The number of carboxylic acid groups (broad SMARTS) is 1. The predicted molar refractivity (Wildman–Crippen MR) is 267 cm³/mol. The van der Waals surface area contributed by atoms with Gasteiger partial charge in [-0.05, 0) is 66.7 Å². The van der Waals surface area contributed by atoms with Gasteiger partial charge in [0.15, 0.2) is 0 Å². The molecule has 3 aromatic rings. The predicted octanol–water partition coefficient (Wildman–Crippen LogP) is 0.373. The van der Waals surface area contributed by atoms with Gasteiger partial charge in [-0.25, -0.2) is 9.78 Å². The number of aromatic amines is 1. The number of aromatic hydroxyl groups is 1. The van der Waals surface area contributed by atoms with E-state index in [4.69, 9.17) is 0 Å². The van der Waals surface area contributed by atoms with Gasteiger partial charge in [0.2, 0.25) is 47.3 Å². The van der Waals surface area contributed by atoms with Gasteiger partial charge in [-0.15, -0.1) is 0 Å². The lowest BCUT2D eigenvalue weighted by molar-refractivity contribution is -0.143. The highest BCUT2D eigenvalue weighted by molar-refractivity contribution is 5.98. The SMILES string of the molecule is CC(=O)N1CCCC1C(=O)NC(Cc1ccccc1)C(=O)NC(Cc1cnc[nH]1)C(=O)NC(CC(C)C)C(=O)NC(CC(C)C)C(=O)NC(C(=O)NC(Cc1ccc(O)cc1)C(=O)NC(CO)C(=O)O)C(C)C. The molecule has 0 bridgehead atoms. The molecule has 8 atom stereocenters. The van der Waals surface area contributed by atoms with E-state index in [1.807, 2.05) is 27.7 Å². The Morgan fingerprint density at radius 1 is 0.630 bits per heavy atom. The van der Waals surface area contributed by atoms with Crippen molar-refractivity contribution >= 4 is 53.2 Å². The Bertz CT molecular complexity index is 2350. The second-order valence-electron chi connectivity index (χ2n) is 19.6. The number of carbonyl (C=O) groups is 9. The standard InChI is InChI=1S/C51H72N10O12/c1-28(2)20-36(54-47(68)40(24-34-25-52-27-53-34)56-45(66)38(22-32-12-9-8-10-13-32)57-49(70)42-14-11-19-61(42)31(7)63)44(65)55-37(21-29(3)4)48(69)60-43(30(5)6)50(71)58-39(23-33-15-17-35(64)18-16-33)46(67)59-41(26-62)51(72)73/h8-10,12-13,15-18,25,27-30,36-43,62,64H,11,14,19-24,26H2,1-7H3,(H,52,53)(H,54,68)(H,55,65)(H,56,66)(H,57,70)(H,58,71)(H,59,67)(H,60,69)(H,72,73). The first kappa shape index (κ1) is 58.2. The summed E-state index contributed by atoms with van der Waals surface area (Å²) >= 11 is 0. The van der Waals surface area contributed by atoms with E-state index in [0.717, 1.165) is 0 Å². The molecule has 22 nitrogen and oxygen atoms in total. The van der Waals surface area contributed by atoms with Crippen molar-refractivity contribution < 1.29 is 58.5 Å². The van der Waals surface area contributed by atoms with Gasteiger partial charge in [0.25, 0.3) is 0 Å². The van der Waals surface area contributed by atoms with Crippen LogP contribution in [0.1, 0.15) is 91.0 Å². The molecule has 8 unspecified atom stereocenters. The first-order valence-corrected chi connectivity index (χ1v) is 24.6. The lowest BCUT2D eigenvalue weighted by Crippen LogP contribution is -2.61. The molecule has 2 aromatic carbocycles. The number of aliphatic hydroxyl groups excluding tert-OH is 1. The number of phenols is 1. The second-order valence-corrected chi connectivity index (χ2v) is 19.6. The second kappa shape index (κ2) is 28.0. The number of rotatable bonds is 27. The number of imidazole rings is 1. The topological polar surface area (TPSA) is 330 Å². The Labute approximate surface area is 425 Å². The number of aromatic nitrogens is 2. The van der Waals surface area contributed by atoms with Crippen molar-refractivity contribution in [1.29, 1.82) is 0 Å². The first-order chi connectivity index (χ1) is 34.6. The third-order valence-corrected chi connectivity index (χ3v) is 12.2. The lowest BCUT2D eigenvalue weighted by Gasteiger charge is -2.30. The summed E-state index contributed by atoms with van der Waals surface area (Å²) in [5.41, 5.74) is 1.67. The van der Waals surface area contributed by atoms with Crippen LogP contribution in [-0.2, 0) is 62.4 Å². The molecule has 22 heteroatoms. The van der Waals surface area contributed by atoms with E-state index in [1.54, 1.807) is 44.2 Å². The number of nitrogens with one attached hydrogen (secondary N) is 8. The van der Waals surface area contributed by atoms with Crippen molar-refractivity contribution in [2.24, 2.45) is 17.8 Å². The van der Waals surface area contributed by atoms with Crippen molar-refractivity contribution in [2.75, 3.05) is 13.2 Å². The Hall–Kier alpha value is -7.36. The molecule has 2 heterocycles. The van der Waals surface area contributed by atoms with Crippen molar-refractivity contribution in [1.82, 2.24) is 52.1 Å². The molecule has 4 rings (SSSR count). The molecule has 73 heavy (non-hydrogen) atoms. The maximum Gasteiger partial charge on any atom is 0.328 e. The van der Waals surface area contributed by atoms with Gasteiger partial charge in [-0.3, -0.25) is 38.4 Å². The van der Waals surface area contributed by atoms with Gasteiger partial charge in [-0.2, -0.15) is 0 Å². The smallest absolute Gasteiger partial charge is 0.328 e. The Kier molecular flexibility index (Phi) is 22.4. The van der Waals surface area contributed by atoms with Crippen molar-refractivity contribution in [2.45, 2.75) is 142 Å². The summed E-state index contributed by atoms with van der Waals surface area (Å²) in [6.45, 7) is 11.4. The number of likely N-dealkylation sites (tertiary alicyclic amines) is 1. The summed E-state index contributed by atoms with van der Waals surface area (Å²) in [6.07, 6.45) is 3.87. The normalized spacial score (nSPS) is 16.3. The fraction of sp³-hybridized carbons (Fsp3) is 0.529. The van der Waals surface area contributed by atoms with Crippen LogP contribution in [0.3, 0.4) is 0 Å². The van der Waals surface area contributed by atoms with E-state index in [0.29, 0.717) is 36.2 Å². The zero-order valence-corrected chi connectivity index (χ0v) is 42.5. The fourth-order valence-electron chi connectivity index (χ4n) is 8.38. The van der Waals surface area contributed by atoms with Crippen molar-refractivity contribution in [3.8, 4) is 5.75 Å². The molecule has 8 amide bonds. The summed E-state index contributed by atoms with van der Waals surface area (Å²) in [6, 6.07) is 4.55. The fourth-order valence-corrected chi connectivity index (χ4v) is 8.38. The number of hydrogen-bond donors (Lipinski definition) is 11. The number of nitrogens with zero attached hydrogens (tertiary/aromatic N) is 2. The van der Waals surface area contributed by atoms with Crippen LogP contribution in [0, 0.1) is 17.8 Å². The van der Waals surface area contributed by atoms with Crippen LogP contribution in [0.4, 0.5) is 0 Å². The number of aliphatic carboxylic acids is 1. The van der Waals surface area contributed by atoms with Crippen LogP contribution in [0.2, 0.25) is 0 Å². The molecule has 0 spiro atoms. The van der Waals surface area contributed by atoms with E-state index in [-0.39, 0.29) is 55.6 Å². The molecule has 1 saturated heterocycles. The summed E-state index contributed by atoms with van der Waals surface area (Å²) < 4.78 is 0. The highest BCUT2D eigenvalue weighted by Crippen LogP contribution is 2.19. The maximum atomic E-state index is 14.4. The molecular weight excluding hydrogens is 945 g/mol. The number of hydrogen-bond acceptors (Lipinski definition) is 12. The number of amides is 8. The minimum Gasteiger partial charge on any atom is -0.508 e. The van der Waals surface area contributed by atoms with E-state index in [2.05, 4.69) is 47.2 Å². The lowest BCUT2D eigenvalue weighted by atomic mass is 9.97. The molecule has 1 aliphatic heterocycles. The van der Waals surface area contributed by atoms with Crippen LogP contribution >= 0.6 is 0 Å². The minimum atomic E-state index is -1.68. The van der Waals surface area contributed by atoms with Crippen LogP contribution in [0.15, 0.2) is 67.1 Å². The Morgan fingerprint density at radius 3 is 1.60 bits per heavy atom. The number of H-pyrrole nitrogens is 1. The Morgan fingerprint density at radius 2 is 1.11 bits per heavy atom. The van der Waals surface area contributed by atoms with Crippen LogP contribution in [0.5, 0.6) is 5.75 Å². The van der Waals surface area contributed by atoms with E-state index < -0.39 is 108 Å². The molecule has 0 radical (unpaired) electrons. The van der Waals surface area contributed by atoms with Gasteiger partial charge in [0.05, 0.1) is 12.9 Å². The van der Waals surface area contributed by atoms with Gasteiger partial charge < -0.3 is 62.4 Å². The molecule has 11 N–H and O–H groups in total. The summed E-state index contributed by atoms with van der Waals surface area (Å²) in [5.74, 6) is -7.99. The average molecular weight is 1020 g/mol. The van der Waals surface area contributed by atoms with Crippen LogP contribution in [0.25, 0.3) is 0 Å². The summed E-state index contributed by atoms with van der Waals surface area (Å²) in [5, 5.41) is 47.5. The van der Waals surface area contributed by atoms with E-state index in [9.17, 15) is 58.5 Å². The van der Waals surface area contributed by atoms with Gasteiger partial charge in [-0.1, -0.05) is 84.0 Å². The molecule has 398 valence electrons. The summed E-state index contributed by atoms with van der Waals surface area (Å²) in [7, 11) is 0. The highest BCUT2D eigenvalue weighted by atomic mass is 16.4. The zero-order chi connectivity index (χ0) is 53.9. The number of benzene rings is 2. The van der Waals surface area contributed by atoms with Crippen LogP contribution in [-0.4, -0.2) is 145 Å². The summed E-state index contributed by atoms with van der Waals surface area (Å²) in [4.78, 5) is 131. The molecule has 1 aromatic heterocycles. The van der Waals surface area contributed by atoms with Gasteiger partial charge >= 0.3 is 5.97 Å². The van der Waals surface area contributed by atoms with E-state index >= 15 is 0 Å². The number of phenolic OH excluding ortho intramolecular Hbond substituents is 1. The first-order valence-electron chi connectivity index (χ1n) is 24.6. The zero-order valence-electron chi connectivity index (χ0n) is 42.5. The average Bonchev–Trinajstić information content (AvgIpc) is 4.05. The van der Waals surface area contributed by atoms with Gasteiger partial charge in [0, 0.05) is 44.6 Å². The molecular formula is C51H72N10O12. The highest BCUT2D eigenvalue weighted by Gasteiger charge is 2.38. The maximum absolute atomic E-state index is 14.4. The largest absolute Gasteiger partial charge is 0.508 e. The minimum absolute atomic E-state index is 0.0498. The number of carbonyl (C=O) groups excluding carboxylic acids is 8. The Balaban J connectivity index is 1.56. The molecule has 1 fully saturated rings. The monoisotopic (exact) mass is 1020 g/mol. The van der Waals surface area contributed by atoms with Crippen molar-refractivity contribution in [3.05, 3.63) is 83.9 Å². The third-order valence-electron chi connectivity index (χ3n) is 12.2. The molecule has 0 saturated carbocycles. The molecule has 1 aliphatic rings. The molecule has 0 aliphatic carbocycles. The van der Waals surface area contributed by atoms with Gasteiger partial charge in [0.1, 0.15) is 54.1 Å². The quantitative estimate of drug-likeness (QED) is 0.0493. The van der Waals surface area contributed by atoms with Crippen LogP contribution < -0.4 is 37.2 Å². The third kappa shape index (κ3) is 18.3. The van der Waals surface area contributed by atoms with E-state index in [1.165, 1.54) is 48.6 Å². The number of carboxylic acids is 1. The van der Waals surface area contributed by atoms with Crippen molar-refractivity contribution in [3.63, 3.8) is 0 Å².